The van der Waals surface area contributed by atoms with Crippen LogP contribution in [0.15, 0.2) is 41.1 Å². The van der Waals surface area contributed by atoms with E-state index in [9.17, 15) is 0 Å². The molecule has 0 spiro atoms. The van der Waals surface area contributed by atoms with E-state index in [1.807, 2.05) is 36.7 Å². The zero-order valence-corrected chi connectivity index (χ0v) is 11.6. The minimum Gasteiger partial charge on any atom is -0.326 e. The Morgan fingerprint density at radius 3 is 2.94 bits per heavy atom. The summed E-state index contributed by atoms with van der Waals surface area (Å²) in [6.45, 7) is 5.36. The van der Waals surface area contributed by atoms with Crippen molar-refractivity contribution in [3.63, 3.8) is 0 Å². The molecule has 0 saturated heterocycles. The van der Waals surface area contributed by atoms with Crippen LogP contribution in [0.2, 0.25) is 0 Å². The van der Waals surface area contributed by atoms with Gasteiger partial charge in [-0.25, -0.2) is 4.98 Å². The molecule has 0 fully saturated rings. The third kappa shape index (κ3) is 3.33. The Morgan fingerprint density at radius 1 is 1.41 bits per heavy atom. The number of hydrogen-bond donors (Lipinski definition) is 1. The van der Waals surface area contributed by atoms with Crippen molar-refractivity contribution >= 4 is 27.6 Å². The summed E-state index contributed by atoms with van der Waals surface area (Å²) < 4.78 is 3.19. The van der Waals surface area contributed by atoms with Gasteiger partial charge < -0.3 is 9.88 Å². The van der Waals surface area contributed by atoms with Gasteiger partial charge >= 0.3 is 0 Å². The maximum absolute atomic E-state index is 4.33. The Balaban J connectivity index is 2.16. The zero-order chi connectivity index (χ0) is 12.3. The van der Waals surface area contributed by atoms with E-state index in [-0.39, 0.29) is 0 Å². The molecule has 4 heteroatoms. The summed E-state index contributed by atoms with van der Waals surface area (Å²) in [5, 5.41) is 3.32. The van der Waals surface area contributed by atoms with Gasteiger partial charge in [-0.05, 0) is 24.1 Å². The standard InChI is InChI=1S/C13H16BrN3/c1-10(2)9-17-7-6-15-13(17)16-12-5-3-4-11(14)8-12/h3-8,10H,9H2,1-2H3,(H,15,16). The van der Waals surface area contributed by atoms with E-state index in [0.717, 1.165) is 22.7 Å². The van der Waals surface area contributed by atoms with Crippen molar-refractivity contribution < 1.29 is 0 Å². The van der Waals surface area contributed by atoms with E-state index in [1.165, 1.54) is 0 Å². The largest absolute Gasteiger partial charge is 0.326 e. The molecule has 0 saturated carbocycles. The molecule has 0 bridgehead atoms. The summed E-state index contributed by atoms with van der Waals surface area (Å²) >= 11 is 3.46. The third-order valence-corrected chi connectivity index (χ3v) is 2.85. The topological polar surface area (TPSA) is 29.9 Å². The summed E-state index contributed by atoms with van der Waals surface area (Å²) in [6.07, 6.45) is 3.82. The van der Waals surface area contributed by atoms with Crippen LogP contribution in [-0.2, 0) is 6.54 Å². The van der Waals surface area contributed by atoms with Crippen LogP contribution in [0.4, 0.5) is 11.6 Å². The average molecular weight is 294 g/mol. The molecule has 90 valence electrons. The van der Waals surface area contributed by atoms with Gasteiger partial charge in [0.05, 0.1) is 0 Å². The molecular weight excluding hydrogens is 278 g/mol. The van der Waals surface area contributed by atoms with E-state index in [0.29, 0.717) is 5.92 Å². The Labute approximate surface area is 110 Å². The van der Waals surface area contributed by atoms with Gasteiger partial charge in [-0.15, -0.1) is 0 Å². The van der Waals surface area contributed by atoms with E-state index < -0.39 is 0 Å². The van der Waals surface area contributed by atoms with Crippen LogP contribution < -0.4 is 5.32 Å². The first-order chi connectivity index (χ1) is 8.15. The van der Waals surface area contributed by atoms with Crippen molar-refractivity contribution in [1.29, 1.82) is 0 Å². The predicted octanol–water partition coefficient (Wildman–Crippen LogP) is 4.05. The summed E-state index contributed by atoms with van der Waals surface area (Å²) in [5.74, 6) is 1.49. The van der Waals surface area contributed by atoms with Crippen molar-refractivity contribution in [2.24, 2.45) is 5.92 Å². The van der Waals surface area contributed by atoms with E-state index in [4.69, 9.17) is 0 Å². The number of halogens is 1. The lowest BCUT2D eigenvalue weighted by Crippen LogP contribution is -2.07. The van der Waals surface area contributed by atoms with E-state index in [2.05, 4.69) is 44.6 Å². The highest BCUT2D eigenvalue weighted by molar-refractivity contribution is 9.10. The average Bonchev–Trinajstić information content (AvgIpc) is 2.65. The quantitative estimate of drug-likeness (QED) is 0.922. The van der Waals surface area contributed by atoms with Gasteiger partial charge in [-0.3, -0.25) is 0 Å². The second kappa shape index (κ2) is 5.36. The number of aromatic nitrogens is 2. The van der Waals surface area contributed by atoms with Crippen LogP contribution in [0.3, 0.4) is 0 Å². The van der Waals surface area contributed by atoms with E-state index in [1.54, 1.807) is 0 Å². The first kappa shape index (κ1) is 12.2. The van der Waals surface area contributed by atoms with Gasteiger partial charge in [0, 0.05) is 29.1 Å². The number of nitrogens with one attached hydrogen (secondary N) is 1. The van der Waals surface area contributed by atoms with Gasteiger partial charge in [-0.1, -0.05) is 35.8 Å². The maximum Gasteiger partial charge on any atom is 0.207 e. The second-order valence-electron chi connectivity index (χ2n) is 4.43. The molecule has 1 aromatic heterocycles. The fourth-order valence-corrected chi connectivity index (χ4v) is 2.07. The Hall–Kier alpha value is -1.29. The van der Waals surface area contributed by atoms with Crippen LogP contribution in [0.25, 0.3) is 0 Å². The zero-order valence-electron chi connectivity index (χ0n) is 10.0. The number of anilines is 2. The molecule has 0 radical (unpaired) electrons. The second-order valence-corrected chi connectivity index (χ2v) is 5.35. The smallest absolute Gasteiger partial charge is 0.207 e. The number of rotatable bonds is 4. The highest BCUT2D eigenvalue weighted by atomic mass is 79.9. The molecular formula is C13H16BrN3. The monoisotopic (exact) mass is 293 g/mol. The van der Waals surface area contributed by atoms with Gasteiger partial charge in [0.1, 0.15) is 0 Å². The summed E-state index contributed by atoms with van der Waals surface area (Å²) in [6, 6.07) is 8.07. The molecule has 2 aromatic rings. The Morgan fingerprint density at radius 2 is 2.24 bits per heavy atom. The van der Waals surface area contributed by atoms with E-state index >= 15 is 0 Å². The van der Waals surface area contributed by atoms with Crippen molar-refractivity contribution in [2.45, 2.75) is 20.4 Å². The highest BCUT2D eigenvalue weighted by Gasteiger charge is 2.04. The molecule has 1 N–H and O–H groups in total. The first-order valence-corrected chi connectivity index (χ1v) is 6.48. The molecule has 1 heterocycles. The van der Waals surface area contributed by atoms with Crippen LogP contribution in [-0.4, -0.2) is 9.55 Å². The molecule has 2 rings (SSSR count). The van der Waals surface area contributed by atoms with Gasteiger partial charge in [0.25, 0.3) is 0 Å². The van der Waals surface area contributed by atoms with Crippen LogP contribution >= 0.6 is 15.9 Å². The van der Waals surface area contributed by atoms with Crippen molar-refractivity contribution in [1.82, 2.24) is 9.55 Å². The molecule has 0 aliphatic heterocycles. The van der Waals surface area contributed by atoms with Crippen molar-refractivity contribution in [3.05, 3.63) is 41.1 Å². The fraction of sp³-hybridized carbons (Fsp3) is 0.308. The van der Waals surface area contributed by atoms with Gasteiger partial charge in [0.2, 0.25) is 5.95 Å². The molecule has 0 unspecified atom stereocenters. The number of nitrogens with zero attached hydrogens (tertiary/aromatic N) is 2. The number of hydrogen-bond acceptors (Lipinski definition) is 2. The summed E-state index contributed by atoms with van der Waals surface area (Å²) in [7, 11) is 0. The van der Waals surface area contributed by atoms with Gasteiger partial charge in [0.15, 0.2) is 0 Å². The highest BCUT2D eigenvalue weighted by Crippen LogP contribution is 2.19. The fourth-order valence-electron chi connectivity index (χ4n) is 1.67. The van der Waals surface area contributed by atoms with Crippen molar-refractivity contribution in [2.75, 3.05) is 5.32 Å². The maximum atomic E-state index is 4.33. The minimum absolute atomic E-state index is 0.604. The lowest BCUT2D eigenvalue weighted by Gasteiger charge is -2.11. The Bertz CT molecular complexity index is 491. The number of benzene rings is 1. The molecule has 0 atom stereocenters. The minimum atomic E-state index is 0.604. The predicted molar refractivity (Wildman–Crippen MR) is 74.5 cm³/mol. The molecule has 0 amide bonds. The molecule has 17 heavy (non-hydrogen) atoms. The summed E-state index contributed by atoms with van der Waals surface area (Å²) in [5.41, 5.74) is 1.04. The summed E-state index contributed by atoms with van der Waals surface area (Å²) in [4.78, 5) is 4.33. The lowest BCUT2D eigenvalue weighted by atomic mass is 10.2. The molecule has 3 nitrogen and oxygen atoms in total. The van der Waals surface area contributed by atoms with Crippen molar-refractivity contribution in [3.8, 4) is 0 Å². The lowest BCUT2D eigenvalue weighted by molar-refractivity contribution is 0.527. The first-order valence-electron chi connectivity index (χ1n) is 5.69. The molecule has 1 aromatic carbocycles. The van der Waals surface area contributed by atoms with Crippen LogP contribution in [0, 0.1) is 5.92 Å². The third-order valence-electron chi connectivity index (χ3n) is 2.36. The normalized spacial score (nSPS) is 10.8. The Kier molecular flexibility index (Phi) is 3.84. The molecule has 0 aliphatic rings. The number of imidazole rings is 1. The molecule has 0 aliphatic carbocycles. The van der Waals surface area contributed by atoms with Crippen LogP contribution in [0.5, 0.6) is 0 Å². The van der Waals surface area contributed by atoms with Gasteiger partial charge in [-0.2, -0.15) is 0 Å². The SMILES string of the molecule is CC(C)Cn1ccnc1Nc1cccc(Br)c1. The van der Waals surface area contributed by atoms with Crippen LogP contribution in [0.1, 0.15) is 13.8 Å².